The molecule has 0 aliphatic carbocycles. The summed E-state index contributed by atoms with van der Waals surface area (Å²) in [5.74, 6) is -0.481. The van der Waals surface area contributed by atoms with E-state index in [0.717, 1.165) is 21.8 Å². The number of nitrogens with one attached hydrogen (secondary N) is 1. The minimum atomic E-state index is -0.481. The quantitative estimate of drug-likeness (QED) is 0.442. The van der Waals surface area contributed by atoms with Crippen LogP contribution in [0.15, 0.2) is 30.1 Å². The van der Waals surface area contributed by atoms with Crippen molar-refractivity contribution in [2.45, 2.75) is 20.8 Å². The molecule has 0 aliphatic heterocycles. The zero-order valence-corrected chi connectivity index (χ0v) is 14.1. The largest absolute Gasteiger partial charge is 0.461 e. The normalized spacial score (nSPS) is 11.9. The fourth-order valence-electron chi connectivity index (χ4n) is 2.93. The van der Waals surface area contributed by atoms with Crippen LogP contribution < -0.4 is 0 Å². The molecular formula is C18H17N3O4. The van der Waals surface area contributed by atoms with Gasteiger partial charge in [-0.2, -0.15) is 0 Å². The zero-order chi connectivity index (χ0) is 18.1. The van der Waals surface area contributed by atoms with Crippen molar-refractivity contribution >= 4 is 33.9 Å². The highest BCUT2D eigenvalue weighted by Gasteiger charge is 2.18. The second-order valence-corrected chi connectivity index (χ2v) is 5.68. The number of pyridine rings is 1. The standard InChI is InChI=1S/C18H17N3O4/c1-4-25-18(22)17-11(3)15-14(9-19-17)20-13-7-5-6-12(16(13)15)8-10(2)21(23)24/h5-9,20H,4H2,1-3H3. The predicted octanol–water partition coefficient (Wildman–Crippen LogP) is 3.84. The third kappa shape index (κ3) is 2.84. The number of nitrogens with zero attached hydrogens (tertiary/aromatic N) is 2. The van der Waals surface area contributed by atoms with E-state index in [1.54, 1.807) is 20.0 Å². The molecule has 2 heterocycles. The number of carbonyl (C=O) groups excluding carboxylic acids is 1. The van der Waals surface area contributed by atoms with Crippen LogP contribution in [-0.4, -0.2) is 27.5 Å². The molecule has 0 unspecified atom stereocenters. The predicted molar refractivity (Wildman–Crippen MR) is 94.9 cm³/mol. The van der Waals surface area contributed by atoms with Crippen LogP contribution in [0.2, 0.25) is 0 Å². The summed E-state index contributed by atoms with van der Waals surface area (Å²) in [5.41, 5.74) is 3.27. The second kappa shape index (κ2) is 6.35. The van der Waals surface area contributed by atoms with Gasteiger partial charge in [-0.15, -0.1) is 0 Å². The molecule has 0 saturated heterocycles. The maximum absolute atomic E-state index is 12.1. The van der Waals surface area contributed by atoms with Gasteiger partial charge in [0, 0.05) is 29.3 Å². The van der Waals surface area contributed by atoms with Crippen LogP contribution in [0.4, 0.5) is 0 Å². The smallest absolute Gasteiger partial charge is 0.357 e. The van der Waals surface area contributed by atoms with Crippen LogP contribution in [0.1, 0.15) is 35.5 Å². The molecular weight excluding hydrogens is 322 g/mol. The highest BCUT2D eigenvalue weighted by atomic mass is 16.6. The topological polar surface area (TPSA) is 98.1 Å². The number of allylic oxidation sites excluding steroid dienone is 1. The lowest BCUT2D eigenvalue weighted by atomic mass is 10.0. The molecule has 0 atom stereocenters. The number of rotatable bonds is 4. The molecule has 2 aromatic heterocycles. The minimum absolute atomic E-state index is 0.0409. The van der Waals surface area contributed by atoms with Crippen molar-refractivity contribution in [3.05, 3.63) is 57.0 Å². The first-order valence-electron chi connectivity index (χ1n) is 7.83. The summed E-state index contributed by atoms with van der Waals surface area (Å²) < 4.78 is 5.06. The number of hydrogen-bond donors (Lipinski definition) is 1. The first-order chi connectivity index (χ1) is 11.9. The molecule has 0 fully saturated rings. The number of esters is 1. The Kier molecular flexibility index (Phi) is 4.22. The van der Waals surface area contributed by atoms with Gasteiger partial charge < -0.3 is 9.72 Å². The third-order valence-electron chi connectivity index (χ3n) is 4.06. The number of benzene rings is 1. The van der Waals surface area contributed by atoms with E-state index in [0.29, 0.717) is 11.1 Å². The van der Waals surface area contributed by atoms with E-state index in [4.69, 9.17) is 4.74 Å². The number of fused-ring (bicyclic) bond motifs is 3. The Hall–Kier alpha value is -3.22. The number of carbonyl (C=O) groups is 1. The van der Waals surface area contributed by atoms with Crippen molar-refractivity contribution in [3.63, 3.8) is 0 Å². The van der Waals surface area contributed by atoms with Crippen LogP contribution in [0.25, 0.3) is 27.9 Å². The van der Waals surface area contributed by atoms with Crippen molar-refractivity contribution in [2.75, 3.05) is 6.61 Å². The number of aromatic amines is 1. The third-order valence-corrected chi connectivity index (χ3v) is 4.06. The Bertz CT molecular complexity index is 1030. The van der Waals surface area contributed by atoms with Gasteiger partial charge in [0.15, 0.2) is 5.69 Å². The maximum atomic E-state index is 12.1. The highest BCUT2D eigenvalue weighted by Crippen LogP contribution is 2.32. The van der Waals surface area contributed by atoms with E-state index in [1.165, 1.54) is 13.0 Å². The molecule has 0 bridgehead atoms. The lowest BCUT2D eigenvalue weighted by Gasteiger charge is -2.06. The fraction of sp³-hybridized carbons (Fsp3) is 0.222. The zero-order valence-electron chi connectivity index (χ0n) is 14.1. The molecule has 0 saturated carbocycles. The van der Waals surface area contributed by atoms with E-state index < -0.39 is 10.9 Å². The summed E-state index contributed by atoms with van der Waals surface area (Å²) in [6, 6.07) is 5.52. The average molecular weight is 339 g/mol. The van der Waals surface area contributed by atoms with Gasteiger partial charge in [-0.25, -0.2) is 9.78 Å². The van der Waals surface area contributed by atoms with Gasteiger partial charge >= 0.3 is 5.97 Å². The van der Waals surface area contributed by atoms with Gasteiger partial charge in [-0.1, -0.05) is 12.1 Å². The second-order valence-electron chi connectivity index (χ2n) is 5.68. The van der Waals surface area contributed by atoms with E-state index in [9.17, 15) is 14.9 Å². The maximum Gasteiger partial charge on any atom is 0.357 e. The van der Waals surface area contributed by atoms with Gasteiger partial charge in [-0.3, -0.25) is 10.1 Å². The van der Waals surface area contributed by atoms with E-state index >= 15 is 0 Å². The minimum Gasteiger partial charge on any atom is -0.461 e. The molecule has 3 aromatic rings. The van der Waals surface area contributed by atoms with Crippen LogP contribution in [-0.2, 0) is 4.74 Å². The Morgan fingerprint density at radius 1 is 1.36 bits per heavy atom. The molecule has 1 aromatic carbocycles. The first-order valence-corrected chi connectivity index (χ1v) is 7.83. The summed E-state index contributed by atoms with van der Waals surface area (Å²) in [6.45, 7) is 5.25. The molecule has 0 radical (unpaired) electrons. The molecule has 0 spiro atoms. The molecule has 7 nitrogen and oxygen atoms in total. The Morgan fingerprint density at radius 2 is 2.12 bits per heavy atom. The summed E-state index contributed by atoms with van der Waals surface area (Å²) in [7, 11) is 0. The van der Waals surface area contributed by atoms with Crippen molar-refractivity contribution in [2.24, 2.45) is 0 Å². The van der Waals surface area contributed by atoms with E-state index in [-0.39, 0.29) is 18.0 Å². The molecule has 3 rings (SSSR count). The molecule has 128 valence electrons. The number of nitro groups is 1. The number of aromatic nitrogens is 2. The monoisotopic (exact) mass is 339 g/mol. The van der Waals surface area contributed by atoms with Gasteiger partial charge in [0.1, 0.15) is 0 Å². The summed E-state index contributed by atoms with van der Waals surface area (Å²) in [5, 5.41) is 12.6. The van der Waals surface area contributed by atoms with Crippen molar-refractivity contribution in [1.82, 2.24) is 9.97 Å². The molecule has 25 heavy (non-hydrogen) atoms. The van der Waals surface area contributed by atoms with Crippen LogP contribution in [0, 0.1) is 17.0 Å². The van der Waals surface area contributed by atoms with Crippen molar-refractivity contribution < 1.29 is 14.5 Å². The van der Waals surface area contributed by atoms with Gasteiger partial charge in [0.2, 0.25) is 5.70 Å². The van der Waals surface area contributed by atoms with E-state index in [2.05, 4.69) is 9.97 Å². The van der Waals surface area contributed by atoms with Crippen LogP contribution >= 0.6 is 0 Å². The van der Waals surface area contributed by atoms with Gasteiger partial charge in [0.25, 0.3) is 0 Å². The summed E-state index contributed by atoms with van der Waals surface area (Å²) in [6.07, 6.45) is 3.11. The molecule has 0 amide bonds. The number of aryl methyl sites for hydroxylation is 1. The Labute approximate surface area is 143 Å². The SMILES string of the molecule is CCOC(=O)c1ncc2[nH]c3cccc(C=C(C)[N+](=O)[O-])c3c2c1C. The Balaban J connectivity index is 2.34. The Morgan fingerprint density at radius 3 is 2.80 bits per heavy atom. The summed E-state index contributed by atoms with van der Waals surface area (Å²) in [4.78, 5) is 30.1. The van der Waals surface area contributed by atoms with Gasteiger partial charge in [-0.05, 0) is 31.0 Å². The number of ether oxygens (including phenoxy) is 1. The fourth-order valence-corrected chi connectivity index (χ4v) is 2.93. The lowest BCUT2D eigenvalue weighted by Crippen LogP contribution is -2.09. The van der Waals surface area contributed by atoms with Crippen LogP contribution in [0.5, 0.6) is 0 Å². The van der Waals surface area contributed by atoms with E-state index in [1.807, 2.05) is 18.2 Å². The summed E-state index contributed by atoms with van der Waals surface area (Å²) >= 11 is 0. The first kappa shape index (κ1) is 16.6. The number of hydrogen-bond acceptors (Lipinski definition) is 5. The van der Waals surface area contributed by atoms with Gasteiger partial charge in [0.05, 0.1) is 23.2 Å². The van der Waals surface area contributed by atoms with Crippen LogP contribution in [0.3, 0.4) is 0 Å². The highest BCUT2D eigenvalue weighted by molar-refractivity contribution is 6.14. The number of H-pyrrole nitrogens is 1. The average Bonchev–Trinajstić information content (AvgIpc) is 2.95. The molecule has 0 aliphatic rings. The van der Waals surface area contributed by atoms with Crippen molar-refractivity contribution in [1.29, 1.82) is 0 Å². The van der Waals surface area contributed by atoms with Crippen molar-refractivity contribution in [3.8, 4) is 0 Å². The lowest BCUT2D eigenvalue weighted by molar-refractivity contribution is -0.422. The molecule has 1 N–H and O–H groups in total. The molecule has 7 heteroatoms.